The molecule has 0 aliphatic rings. The van der Waals surface area contributed by atoms with Gasteiger partial charge in [-0.25, -0.2) is 18.4 Å². The monoisotopic (exact) mass is 462 g/mol. The van der Waals surface area contributed by atoms with Crippen molar-refractivity contribution in [1.82, 2.24) is 29.1 Å². The number of hydrogen-bond donors (Lipinski definition) is 1. The van der Waals surface area contributed by atoms with Gasteiger partial charge in [-0.3, -0.25) is 4.79 Å². The van der Waals surface area contributed by atoms with Crippen LogP contribution in [0.1, 0.15) is 5.56 Å². The first-order valence-electron chi connectivity index (χ1n) is 10.1. The van der Waals surface area contributed by atoms with Crippen LogP contribution in [0.15, 0.2) is 71.8 Å². The second-order valence-corrected chi connectivity index (χ2v) is 7.86. The first kappa shape index (κ1) is 20.8. The molecular weight excluding hydrogens is 444 g/mol. The largest absolute Gasteiger partial charge is 0.497 e. The van der Waals surface area contributed by atoms with E-state index in [1.807, 2.05) is 42.5 Å². The molecule has 9 nitrogen and oxygen atoms in total. The summed E-state index contributed by atoms with van der Waals surface area (Å²) in [5, 5.41) is 12.4. The minimum Gasteiger partial charge on any atom is -0.497 e. The summed E-state index contributed by atoms with van der Waals surface area (Å²) < 4.78 is 9.33. The zero-order valence-corrected chi connectivity index (χ0v) is 18.4. The standard InChI is InChI=1S/C23H19ClN6O3/c1-33-18-8-2-15(3-9-18)13-25-21(31)14-30-23(32)28-10-11-29-20(22(28)27-30)12-19(26-29)16-4-6-17(24)7-5-16/h2-12H,13-14H2,1H3,(H,25,31). The molecule has 0 aliphatic carbocycles. The number of benzene rings is 2. The van der Waals surface area contributed by atoms with Gasteiger partial charge in [0.05, 0.1) is 12.8 Å². The quantitative estimate of drug-likeness (QED) is 0.418. The van der Waals surface area contributed by atoms with E-state index in [9.17, 15) is 9.59 Å². The number of nitrogens with one attached hydrogen (secondary N) is 1. The Balaban J connectivity index is 1.38. The topological polar surface area (TPSA) is 94.9 Å². The van der Waals surface area contributed by atoms with E-state index in [0.717, 1.165) is 27.3 Å². The molecule has 10 heteroatoms. The predicted octanol–water partition coefficient (Wildman–Crippen LogP) is 2.79. The van der Waals surface area contributed by atoms with Crippen molar-refractivity contribution in [3.05, 3.63) is 88.1 Å². The number of hydrogen-bond acceptors (Lipinski definition) is 5. The molecule has 0 saturated carbocycles. The molecule has 166 valence electrons. The van der Waals surface area contributed by atoms with Gasteiger partial charge in [0.2, 0.25) is 5.91 Å². The molecule has 2 aromatic carbocycles. The molecule has 0 saturated heterocycles. The van der Waals surface area contributed by atoms with Crippen LogP contribution < -0.4 is 15.7 Å². The smallest absolute Gasteiger partial charge is 0.350 e. The van der Waals surface area contributed by atoms with Gasteiger partial charge in [0.25, 0.3) is 0 Å². The van der Waals surface area contributed by atoms with Crippen molar-refractivity contribution in [2.75, 3.05) is 7.11 Å². The molecule has 0 unspecified atom stereocenters. The SMILES string of the molecule is COc1ccc(CNC(=O)Cn2nc3c4cc(-c5ccc(Cl)cc5)nn4ccn3c2=O)cc1. The summed E-state index contributed by atoms with van der Waals surface area (Å²) in [4.78, 5) is 25.2. The molecule has 0 radical (unpaired) electrons. The van der Waals surface area contributed by atoms with Crippen molar-refractivity contribution < 1.29 is 9.53 Å². The first-order valence-corrected chi connectivity index (χ1v) is 10.5. The maximum absolute atomic E-state index is 12.8. The van der Waals surface area contributed by atoms with Crippen LogP contribution in [0.2, 0.25) is 5.02 Å². The van der Waals surface area contributed by atoms with Crippen LogP contribution in [0.25, 0.3) is 22.4 Å². The van der Waals surface area contributed by atoms with Gasteiger partial charge < -0.3 is 10.1 Å². The third-order valence-corrected chi connectivity index (χ3v) is 5.53. The Morgan fingerprint density at radius 2 is 1.82 bits per heavy atom. The van der Waals surface area contributed by atoms with Crippen molar-refractivity contribution in [3.8, 4) is 17.0 Å². The molecule has 5 rings (SSSR count). The summed E-state index contributed by atoms with van der Waals surface area (Å²) >= 11 is 5.97. The van der Waals surface area contributed by atoms with Gasteiger partial charge in [-0.2, -0.15) is 5.10 Å². The molecule has 3 aromatic heterocycles. The second kappa shape index (κ2) is 8.44. The first-order chi connectivity index (χ1) is 16.0. The van der Waals surface area contributed by atoms with E-state index >= 15 is 0 Å². The maximum atomic E-state index is 12.8. The Labute approximate surface area is 192 Å². The van der Waals surface area contributed by atoms with Gasteiger partial charge >= 0.3 is 5.69 Å². The lowest BCUT2D eigenvalue weighted by atomic mass is 10.1. The maximum Gasteiger partial charge on any atom is 0.350 e. The van der Waals surface area contributed by atoms with Crippen LogP contribution in [0, 0.1) is 0 Å². The fourth-order valence-electron chi connectivity index (χ4n) is 3.53. The van der Waals surface area contributed by atoms with Gasteiger partial charge in [0.15, 0.2) is 5.65 Å². The number of rotatable bonds is 6. The van der Waals surface area contributed by atoms with Crippen molar-refractivity contribution >= 4 is 28.7 Å². The Morgan fingerprint density at radius 3 is 2.55 bits per heavy atom. The predicted molar refractivity (Wildman–Crippen MR) is 123 cm³/mol. The average Bonchev–Trinajstić information content (AvgIpc) is 3.40. The van der Waals surface area contributed by atoms with E-state index in [1.165, 1.54) is 4.40 Å². The van der Waals surface area contributed by atoms with E-state index in [0.29, 0.717) is 22.7 Å². The minimum absolute atomic E-state index is 0.193. The molecule has 0 aliphatic heterocycles. The number of nitrogens with zero attached hydrogens (tertiary/aromatic N) is 5. The van der Waals surface area contributed by atoms with Gasteiger partial charge in [-0.1, -0.05) is 35.9 Å². The molecule has 0 bridgehead atoms. The van der Waals surface area contributed by atoms with E-state index in [-0.39, 0.29) is 12.5 Å². The van der Waals surface area contributed by atoms with E-state index < -0.39 is 5.69 Å². The molecule has 0 atom stereocenters. The number of carbonyl (C=O) groups excluding carboxylic acids is 1. The number of carbonyl (C=O) groups is 1. The number of halogens is 1. The lowest BCUT2D eigenvalue weighted by Crippen LogP contribution is -2.32. The number of ether oxygens (including phenoxy) is 1. The van der Waals surface area contributed by atoms with Crippen molar-refractivity contribution in [3.63, 3.8) is 0 Å². The molecule has 3 heterocycles. The number of methoxy groups -OCH3 is 1. The molecule has 1 N–H and O–H groups in total. The Hall–Kier alpha value is -4.11. The van der Waals surface area contributed by atoms with Gasteiger partial charge in [-0.05, 0) is 35.9 Å². The summed E-state index contributed by atoms with van der Waals surface area (Å²) in [6.07, 6.45) is 3.26. The second-order valence-electron chi connectivity index (χ2n) is 7.42. The van der Waals surface area contributed by atoms with Gasteiger partial charge in [-0.15, -0.1) is 5.10 Å². The highest BCUT2D eigenvalue weighted by molar-refractivity contribution is 6.30. The summed E-state index contributed by atoms with van der Waals surface area (Å²) in [7, 11) is 1.60. The molecule has 0 fully saturated rings. The number of fused-ring (bicyclic) bond motifs is 3. The third kappa shape index (κ3) is 4.06. The number of amides is 1. The minimum atomic E-state index is -0.402. The van der Waals surface area contributed by atoms with Crippen LogP contribution in [0.4, 0.5) is 0 Å². The lowest BCUT2D eigenvalue weighted by Gasteiger charge is -2.06. The zero-order valence-electron chi connectivity index (χ0n) is 17.6. The third-order valence-electron chi connectivity index (χ3n) is 5.27. The van der Waals surface area contributed by atoms with Gasteiger partial charge in [0.1, 0.15) is 17.8 Å². The average molecular weight is 463 g/mol. The molecule has 0 spiro atoms. The fraction of sp³-hybridized carbons (Fsp3) is 0.130. The zero-order chi connectivity index (χ0) is 22.9. The lowest BCUT2D eigenvalue weighted by molar-refractivity contribution is -0.122. The highest BCUT2D eigenvalue weighted by Crippen LogP contribution is 2.23. The van der Waals surface area contributed by atoms with Crippen LogP contribution >= 0.6 is 11.6 Å². The van der Waals surface area contributed by atoms with Crippen molar-refractivity contribution in [2.45, 2.75) is 13.1 Å². The van der Waals surface area contributed by atoms with Crippen LogP contribution in [-0.2, 0) is 17.9 Å². The molecule has 33 heavy (non-hydrogen) atoms. The molecule has 1 amide bonds. The molecular formula is C23H19ClN6O3. The van der Waals surface area contributed by atoms with E-state index in [2.05, 4.69) is 15.5 Å². The normalized spacial score (nSPS) is 11.2. The summed E-state index contributed by atoms with van der Waals surface area (Å²) in [6.45, 7) is 0.142. The Bertz CT molecular complexity index is 1520. The number of aromatic nitrogens is 5. The van der Waals surface area contributed by atoms with E-state index in [1.54, 1.807) is 36.2 Å². The highest BCUT2D eigenvalue weighted by Gasteiger charge is 2.15. The summed E-state index contributed by atoms with van der Waals surface area (Å²) in [5.74, 6) is 0.425. The molecule has 5 aromatic rings. The van der Waals surface area contributed by atoms with Gasteiger partial charge in [0, 0.05) is 29.5 Å². The van der Waals surface area contributed by atoms with Crippen LogP contribution in [0.5, 0.6) is 5.75 Å². The van der Waals surface area contributed by atoms with E-state index in [4.69, 9.17) is 16.3 Å². The van der Waals surface area contributed by atoms with Crippen LogP contribution in [-0.4, -0.2) is 36.8 Å². The Morgan fingerprint density at radius 1 is 1.06 bits per heavy atom. The van der Waals surface area contributed by atoms with Crippen molar-refractivity contribution in [2.24, 2.45) is 0 Å². The summed E-state index contributed by atoms with van der Waals surface area (Å²) in [5.41, 5.74) is 3.19. The highest BCUT2D eigenvalue weighted by atomic mass is 35.5. The fourth-order valence-corrected chi connectivity index (χ4v) is 3.66. The van der Waals surface area contributed by atoms with Crippen molar-refractivity contribution in [1.29, 1.82) is 0 Å². The summed E-state index contributed by atoms with van der Waals surface area (Å²) in [6, 6.07) is 16.6. The van der Waals surface area contributed by atoms with Crippen LogP contribution in [0.3, 0.4) is 0 Å². The Kier molecular flexibility index (Phi) is 5.31.